The number of H-pyrrole nitrogens is 1. The zero-order chi connectivity index (χ0) is 14.5. The quantitative estimate of drug-likeness (QED) is 0.729. The Labute approximate surface area is 124 Å². The lowest BCUT2D eigenvalue weighted by atomic mass is 10.2. The molecule has 21 heavy (non-hydrogen) atoms. The molecule has 0 amide bonds. The average molecular weight is 281 g/mol. The van der Waals surface area contributed by atoms with Gasteiger partial charge in [-0.05, 0) is 25.1 Å². The van der Waals surface area contributed by atoms with Gasteiger partial charge in [-0.2, -0.15) is 0 Å². The van der Waals surface area contributed by atoms with Crippen LogP contribution in [0.15, 0.2) is 48.5 Å². The van der Waals surface area contributed by atoms with Crippen molar-refractivity contribution in [1.29, 1.82) is 0 Å². The number of ether oxygens (including phenoxy) is 1. The second-order valence-corrected chi connectivity index (χ2v) is 4.84. The molecule has 0 saturated carbocycles. The van der Waals surface area contributed by atoms with E-state index in [-0.39, 0.29) is 0 Å². The number of hydrogen-bond donors (Lipinski definition) is 2. The van der Waals surface area contributed by atoms with Gasteiger partial charge in [-0.3, -0.25) is 0 Å². The summed E-state index contributed by atoms with van der Waals surface area (Å²) < 4.78 is 5.62. The van der Waals surface area contributed by atoms with E-state index >= 15 is 0 Å². The third kappa shape index (κ3) is 3.23. The van der Waals surface area contributed by atoms with E-state index in [4.69, 9.17) is 4.74 Å². The van der Waals surface area contributed by atoms with E-state index < -0.39 is 0 Å². The summed E-state index contributed by atoms with van der Waals surface area (Å²) >= 11 is 0. The predicted molar refractivity (Wildman–Crippen MR) is 84.2 cm³/mol. The molecule has 3 aromatic rings. The van der Waals surface area contributed by atoms with Crippen molar-refractivity contribution in [2.45, 2.75) is 20.0 Å². The molecule has 0 bridgehead atoms. The van der Waals surface area contributed by atoms with Gasteiger partial charge < -0.3 is 15.0 Å². The zero-order valence-corrected chi connectivity index (χ0v) is 12.1. The van der Waals surface area contributed by atoms with Crippen molar-refractivity contribution >= 4 is 11.0 Å². The molecule has 0 aliphatic carbocycles. The van der Waals surface area contributed by atoms with Gasteiger partial charge in [-0.1, -0.05) is 30.3 Å². The van der Waals surface area contributed by atoms with Gasteiger partial charge in [0.1, 0.15) is 11.6 Å². The molecule has 0 radical (unpaired) electrons. The smallest absolute Gasteiger partial charge is 0.123 e. The lowest BCUT2D eigenvalue weighted by Gasteiger charge is -2.10. The molecule has 0 saturated heterocycles. The molecule has 4 nitrogen and oxygen atoms in total. The number of hydrogen-bond acceptors (Lipinski definition) is 3. The first-order chi connectivity index (χ1) is 10.4. The van der Waals surface area contributed by atoms with Crippen LogP contribution in [0.25, 0.3) is 11.0 Å². The molecule has 4 heteroatoms. The van der Waals surface area contributed by atoms with Crippen molar-refractivity contribution in [3.8, 4) is 5.75 Å². The zero-order valence-electron chi connectivity index (χ0n) is 12.1. The number of aromatic amines is 1. The third-order valence-corrected chi connectivity index (χ3v) is 3.32. The fourth-order valence-corrected chi connectivity index (χ4v) is 2.35. The monoisotopic (exact) mass is 281 g/mol. The lowest BCUT2D eigenvalue weighted by molar-refractivity contribution is 0.335. The Morgan fingerprint density at radius 1 is 1.05 bits per heavy atom. The van der Waals surface area contributed by atoms with Crippen molar-refractivity contribution in [2.75, 3.05) is 6.61 Å². The van der Waals surface area contributed by atoms with Crippen LogP contribution < -0.4 is 10.1 Å². The van der Waals surface area contributed by atoms with Crippen LogP contribution in [-0.4, -0.2) is 16.6 Å². The normalized spacial score (nSPS) is 10.9. The van der Waals surface area contributed by atoms with Crippen molar-refractivity contribution in [3.63, 3.8) is 0 Å². The summed E-state index contributed by atoms with van der Waals surface area (Å²) in [6, 6.07) is 16.2. The minimum Gasteiger partial charge on any atom is -0.494 e. The van der Waals surface area contributed by atoms with Crippen molar-refractivity contribution < 1.29 is 4.74 Å². The third-order valence-electron chi connectivity index (χ3n) is 3.32. The van der Waals surface area contributed by atoms with Crippen molar-refractivity contribution in [3.05, 3.63) is 59.9 Å². The van der Waals surface area contributed by atoms with Crippen LogP contribution >= 0.6 is 0 Å². The molecule has 1 aromatic heterocycles. The topological polar surface area (TPSA) is 49.9 Å². The van der Waals surface area contributed by atoms with E-state index in [1.807, 2.05) is 49.4 Å². The van der Waals surface area contributed by atoms with Crippen LogP contribution in [0.3, 0.4) is 0 Å². The van der Waals surface area contributed by atoms with Crippen LogP contribution in [0.5, 0.6) is 5.75 Å². The molecular weight excluding hydrogens is 262 g/mol. The highest BCUT2D eigenvalue weighted by Crippen LogP contribution is 2.17. The fourth-order valence-electron chi connectivity index (χ4n) is 2.35. The first kappa shape index (κ1) is 13.6. The molecule has 0 atom stereocenters. The summed E-state index contributed by atoms with van der Waals surface area (Å²) in [5.41, 5.74) is 3.24. The highest BCUT2D eigenvalue weighted by atomic mass is 16.5. The van der Waals surface area contributed by atoms with E-state index in [2.05, 4.69) is 21.4 Å². The van der Waals surface area contributed by atoms with Gasteiger partial charge in [-0.25, -0.2) is 4.98 Å². The van der Waals surface area contributed by atoms with Gasteiger partial charge >= 0.3 is 0 Å². The van der Waals surface area contributed by atoms with Gasteiger partial charge in [0.15, 0.2) is 0 Å². The van der Waals surface area contributed by atoms with Gasteiger partial charge in [0.2, 0.25) is 0 Å². The Balaban J connectivity index is 1.63. The molecule has 2 aromatic carbocycles. The molecule has 1 heterocycles. The highest BCUT2D eigenvalue weighted by molar-refractivity contribution is 5.74. The molecule has 108 valence electrons. The minimum absolute atomic E-state index is 0.681. The van der Waals surface area contributed by atoms with E-state index in [0.717, 1.165) is 34.7 Å². The van der Waals surface area contributed by atoms with E-state index in [1.165, 1.54) is 0 Å². The Morgan fingerprint density at radius 3 is 2.71 bits per heavy atom. The maximum atomic E-state index is 5.62. The van der Waals surface area contributed by atoms with Crippen LogP contribution in [0, 0.1) is 0 Å². The van der Waals surface area contributed by atoms with Gasteiger partial charge in [0, 0.05) is 12.1 Å². The van der Waals surface area contributed by atoms with Crippen molar-refractivity contribution in [2.24, 2.45) is 0 Å². The molecule has 2 N–H and O–H groups in total. The SMILES string of the molecule is CCOc1ccccc1CNCc1nc2ccccc2[nH]1. The maximum Gasteiger partial charge on any atom is 0.123 e. The Morgan fingerprint density at radius 2 is 1.86 bits per heavy atom. The Kier molecular flexibility index (Phi) is 4.17. The van der Waals surface area contributed by atoms with Crippen LogP contribution in [-0.2, 0) is 13.1 Å². The van der Waals surface area contributed by atoms with Gasteiger partial charge in [-0.15, -0.1) is 0 Å². The summed E-state index contributed by atoms with van der Waals surface area (Å²) in [6.45, 7) is 4.14. The molecular formula is C17H19N3O. The molecule has 3 rings (SSSR count). The number of imidazole rings is 1. The molecule has 0 spiro atoms. The maximum absolute atomic E-state index is 5.62. The standard InChI is InChI=1S/C17H19N3O/c1-2-21-16-10-6-3-7-13(16)11-18-12-17-19-14-8-4-5-9-15(14)20-17/h3-10,18H,2,11-12H2,1H3,(H,19,20). The number of nitrogens with one attached hydrogen (secondary N) is 2. The number of aromatic nitrogens is 2. The second-order valence-electron chi connectivity index (χ2n) is 4.84. The van der Waals surface area contributed by atoms with Crippen LogP contribution in [0.4, 0.5) is 0 Å². The molecule has 0 unspecified atom stereocenters. The Bertz CT molecular complexity index is 688. The predicted octanol–water partition coefficient (Wildman–Crippen LogP) is 3.25. The van der Waals surface area contributed by atoms with Gasteiger partial charge in [0.05, 0.1) is 24.2 Å². The van der Waals surface area contributed by atoms with E-state index in [9.17, 15) is 0 Å². The largest absolute Gasteiger partial charge is 0.494 e. The first-order valence-corrected chi connectivity index (χ1v) is 7.22. The highest BCUT2D eigenvalue weighted by Gasteiger charge is 2.04. The first-order valence-electron chi connectivity index (χ1n) is 7.22. The Hall–Kier alpha value is -2.33. The molecule has 0 aliphatic heterocycles. The molecule has 0 aliphatic rings. The van der Waals surface area contributed by atoms with Crippen LogP contribution in [0.2, 0.25) is 0 Å². The summed E-state index contributed by atoms with van der Waals surface area (Å²) in [4.78, 5) is 7.87. The number of fused-ring (bicyclic) bond motifs is 1. The van der Waals surface area contributed by atoms with Crippen LogP contribution in [0.1, 0.15) is 18.3 Å². The van der Waals surface area contributed by atoms with Crippen molar-refractivity contribution in [1.82, 2.24) is 15.3 Å². The summed E-state index contributed by atoms with van der Waals surface area (Å²) in [5, 5.41) is 3.40. The molecule has 0 fully saturated rings. The number of benzene rings is 2. The number of rotatable bonds is 6. The van der Waals surface area contributed by atoms with E-state index in [1.54, 1.807) is 0 Å². The lowest BCUT2D eigenvalue weighted by Crippen LogP contribution is -2.14. The number of para-hydroxylation sites is 3. The summed E-state index contributed by atoms with van der Waals surface area (Å²) in [5.74, 6) is 1.89. The summed E-state index contributed by atoms with van der Waals surface area (Å²) in [7, 11) is 0. The minimum atomic E-state index is 0.681. The number of nitrogens with zero attached hydrogens (tertiary/aromatic N) is 1. The summed E-state index contributed by atoms with van der Waals surface area (Å²) in [6.07, 6.45) is 0. The van der Waals surface area contributed by atoms with E-state index in [0.29, 0.717) is 13.2 Å². The second kappa shape index (κ2) is 6.41. The van der Waals surface area contributed by atoms with Gasteiger partial charge in [0.25, 0.3) is 0 Å². The fraction of sp³-hybridized carbons (Fsp3) is 0.235. The average Bonchev–Trinajstić information content (AvgIpc) is 2.92.